The van der Waals surface area contributed by atoms with Crippen LogP contribution in [0.1, 0.15) is 52.0 Å². The molecule has 0 N–H and O–H groups in total. The highest BCUT2D eigenvalue weighted by Gasteiger charge is 2.30. The van der Waals surface area contributed by atoms with Crippen molar-refractivity contribution in [2.24, 2.45) is 11.3 Å². The fourth-order valence-electron chi connectivity index (χ4n) is 2.98. The number of hydrogen-bond acceptors (Lipinski definition) is 2. The first-order valence-electron chi connectivity index (χ1n) is 7.89. The summed E-state index contributed by atoms with van der Waals surface area (Å²) in [6, 6.07) is 9.82. The van der Waals surface area contributed by atoms with Crippen LogP contribution in [0.5, 0.6) is 0 Å². The molecule has 114 valence electrons. The maximum atomic E-state index is 11.9. The van der Waals surface area contributed by atoms with E-state index >= 15 is 0 Å². The summed E-state index contributed by atoms with van der Waals surface area (Å²) in [4.78, 5) is 11.9. The zero-order valence-corrected chi connectivity index (χ0v) is 13.3. The molecule has 2 nitrogen and oxygen atoms in total. The summed E-state index contributed by atoms with van der Waals surface area (Å²) in [7, 11) is 0. The van der Waals surface area contributed by atoms with Crippen molar-refractivity contribution in [1.29, 1.82) is 0 Å². The topological polar surface area (TPSA) is 26.3 Å². The standard InChI is InChI=1S/C19H26O2/c1-19(2,3)16-10-12-17(13-11-16)21-18(20)14-9-15-7-5-4-6-8-15/h4-9,14,16-17H,10-13H2,1-3H3. The largest absolute Gasteiger partial charge is 0.459 e. The van der Waals surface area contributed by atoms with Crippen molar-refractivity contribution >= 4 is 12.0 Å². The van der Waals surface area contributed by atoms with Crippen LogP contribution >= 0.6 is 0 Å². The molecule has 0 spiro atoms. The molecule has 2 heteroatoms. The number of benzene rings is 1. The van der Waals surface area contributed by atoms with Gasteiger partial charge in [-0.25, -0.2) is 4.79 Å². The van der Waals surface area contributed by atoms with E-state index in [9.17, 15) is 4.79 Å². The Bertz CT molecular complexity index is 474. The fraction of sp³-hybridized carbons (Fsp3) is 0.526. The Hall–Kier alpha value is -1.57. The van der Waals surface area contributed by atoms with Gasteiger partial charge in [0.15, 0.2) is 0 Å². The molecule has 1 fully saturated rings. The lowest BCUT2D eigenvalue weighted by molar-refractivity contribution is -0.145. The quantitative estimate of drug-likeness (QED) is 0.586. The summed E-state index contributed by atoms with van der Waals surface area (Å²) in [5.41, 5.74) is 1.38. The average Bonchev–Trinajstić information content (AvgIpc) is 2.46. The number of esters is 1. The van der Waals surface area contributed by atoms with E-state index in [1.807, 2.05) is 36.4 Å². The Morgan fingerprint density at radius 1 is 1.10 bits per heavy atom. The van der Waals surface area contributed by atoms with Crippen LogP contribution in [0.4, 0.5) is 0 Å². The monoisotopic (exact) mass is 286 g/mol. The third-order valence-corrected chi connectivity index (χ3v) is 4.39. The zero-order valence-electron chi connectivity index (χ0n) is 13.3. The van der Waals surface area contributed by atoms with Gasteiger partial charge in [0.2, 0.25) is 0 Å². The Morgan fingerprint density at radius 2 is 1.71 bits per heavy atom. The van der Waals surface area contributed by atoms with Crippen molar-refractivity contribution in [2.45, 2.75) is 52.6 Å². The van der Waals surface area contributed by atoms with Gasteiger partial charge in [-0.1, -0.05) is 51.1 Å². The molecule has 1 aliphatic rings. The van der Waals surface area contributed by atoms with Gasteiger partial charge in [-0.2, -0.15) is 0 Å². The second-order valence-corrected chi connectivity index (χ2v) is 7.02. The minimum Gasteiger partial charge on any atom is -0.459 e. The maximum absolute atomic E-state index is 11.9. The number of hydrogen-bond donors (Lipinski definition) is 0. The van der Waals surface area contributed by atoms with E-state index in [2.05, 4.69) is 20.8 Å². The summed E-state index contributed by atoms with van der Waals surface area (Å²) in [5.74, 6) is 0.519. The number of rotatable bonds is 3. The predicted molar refractivity (Wildman–Crippen MR) is 86.8 cm³/mol. The molecule has 0 bridgehead atoms. The van der Waals surface area contributed by atoms with E-state index in [4.69, 9.17) is 4.74 Å². The molecule has 0 amide bonds. The molecule has 1 aliphatic carbocycles. The molecule has 1 saturated carbocycles. The van der Waals surface area contributed by atoms with Crippen LogP contribution < -0.4 is 0 Å². The predicted octanol–water partition coefficient (Wildman–Crippen LogP) is 4.85. The van der Waals surface area contributed by atoms with Crippen molar-refractivity contribution in [3.63, 3.8) is 0 Å². The van der Waals surface area contributed by atoms with Crippen LogP contribution in [0.25, 0.3) is 6.08 Å². The van der Waals surface area contributed by atoms with Crippen molar-refractivity contribution in [3.05, 3.63) is 42.0 Å². The van der Waals surface area contributed by atoms with Gasteiger partial charge in [0.25, 0.3) is 0 Å². The van der Waals surface area contributed by atoms with Crippen molar-refractivity contribution in [1.82, 2.24) is 0 Å². The van der Waals surface area contributed by atoms with E-state index in [1.54, 1.807) is 0 Å². The lowest BCUT2D eigenvalue weighted by atomic mass is 9.72. The molecule has 1 aromatic carbocycles. The zero-order chi connectivity index (χ0) is 15.3. The first-order chi connectivity index (χ1) is 9.95. The minimum absolute atomic E-state index is 0.0940. The molecule has 0 heterocycles. The molecule has 0 aromatic heterocycles. The SMILES string of the molecule is CC(C)(C)C1CCC(OC(=O)C=Cc2ccccc2)CC1. The Morgan fingerprint density at radius 3 is 2.29 bits per heavy atom. The smallest absolute Gasteiger partial charge is 0.331 e. The third-order valence-electron chi connectivity index (χ3n) is 4.39. The summed E-state index contributed by atoms with van der Waals surface area (Å²) < 4.78 is 5.55. The van der Waals surface area contributed by atoms with Crippen LogP contribution in [0.2, 0.25) is 0 Å². The van der Waals surface area contributed by atoms with Gasteiger partial charge >= 0.3 is 5.97 Å². The van der Waals surface area contributed by atoms with Crippen LogP contribution in [-0.2, 0) is 9.53 Å². The normalized spacial score (nSPS) is 23.2. The van der Waals surface area contributed by atoms with Crippen LogP contribution in [0, 0.1) is 11.3 Å². The van der Waals surface area contributed by atoms with Crippen molar-refractivity contribution < 1.29 is 9.53 Å². The fourth-order valence-corrected chi connectivity index (χ4v) is 2.98. The minimum atomic E-state index is -0.224. The van der Waals surface area contributed by atoms with E-state index in [0.717, 1.165) is 37.2 Å². The van der Waals surface area contributed by atoms with Gasteiger partial charge < -0.3 is 4.74 Å². The van der Waals surface area contributed by atoms with Gasteiger partial charge in [0.05, 0.1) is 0 Å². The molecule has 21 heavy (non-hydrogen) atoms. The average molecular weight is 286 g/mol. The van der Waals surface area contributed by atoms with Crippen LogP contribution in [0.15, 0.2) is 36.4 Å². The van der Waals surface area contributed by atoms with E-state index in [0.29, 0.717) is 5.41 Å². The van der Waals surface area contributed by atoms with Crippen LogP contribution in [-0.4, -0.2) is 12.1 Å². The van der Waals surface area contributed by atoms with Crippen molar-refractivity contribution in [2.75, 3.05) is 0 Å². The number of carbonyl (C=O) groups is 1. The molecule has 0 unspecified atom stereocenters. The highest BCUT2D eigenvalue weighted by atomic mass is 16.5. The summed E-state index contributed by atoms with van der Waals surface area (Å²) in [6.45, 7) is 6.89. The number of ether oxygens (including phenoxy) is 1. The molecule has 1 aromatic rings. The van der Waals surface area contributed by atoms with Gasteiger partial charge in [-0.3, -0.25) is 0 Å². The molecule has 0 saturated heterocycles. The summed E-state index contributed by atoms with van der Waals surface area (Å²) >= 11 is 0. The Labute approximate surface area is 128 Å². The lowest BCUT2D eigenvalue weighted by Crippen LogP contribution is -2.30. The first kappa shape index (κ1) is 15.8. The van der Waals surface area contributed by atoms with Gasteiger partial charge in [0, 0.05) is 6.08 Å². The lowest BCUT2D eigenvalue weighted by Gasteiger charge is -2.36. The van der Waals surface area contributed by atoms with Gasteiger partial charge in [-0.05, 0) is 48.7 Å². The molecule has 0 radical (unpaired) electrons. The summed E-state index contributed by atoms with van der Waals surface area (Å²) in [6.07, 6.45) is 7.73. The Kier molecular flexibility index (Phi) is 5.22. The maximum Gasteiger partial charge on any atom is 0.331 e. The second-order valence-electron chi connectivity index (χ2n) is 7.02. The summed E-state index contributed by atoms with van der Waals surface area (Å²) in [5, 5.41) is 0. The Balaban J connectivity index is 1.78. The van der Waals surface area contributed by atoms with E-state index < -0.39 is 0 Å². The molecule has 2 rings (SSSR count). The molecular weight excluding hydrogens is 260 g/mol. The van der Waals surface area contributed by atoms with E-state index in [1.165, 1.54) is 6.08 Å². The van der Waals surface area contributed by atoms with Crippen LogP contribution in [0.3, 0.4) is 0 Å². The molecular formula is C19H26O2. The molecule has 0 aliphatic heterocycles. The highest BCUT2D eigenvalue weighted by molar-refractivity contribution is 5.87. The number of carbonyl (C=O) groups excluding carboxylic acids is 1. The first-order valence-corrected chi connectivity index (χ1v) is 7.89. The second kappa shape index (κ2) is 6.93. The van der Waals surface area contributed by atoms with Gasteiger partial charge in [-0.15, -0.1) is 0 Å². The van der Waals surface area contributed by atoms with Crippen molar-refractivity contribution in [3.8, 4) is 0 Å². The third kappa shape index (κ3) is 5.04. The van der Waals surface area contributed by atoms with Gasteiger partial charge in [0.1, 0.15) is 6.10 Å². The highest BCUT2D eigenvalue weighted by Crippen LogP contribution is 2.38. The molecule has 0 atom stereocenters. The van der Waals surface area contributed by atoms with E-state index in [-0.39, 0.29) is 12.1 Å².